The number of piperidine rings is 1. The summed E-state index contributed by atoms with van der Waals surface area (Å²) in [6.45, 7) is 8.97. The Bertz CT molecular complexity index is 440. The van der Waals surface area contributed by atoms with E-state index in [-0.39, 0.29) is 24.0 Å². The molecule has 7 heteroatoms. The van der Waals surface area contributed by atoms with Crippen molar-refractivity contribution < 1.29 is 0 Å². The minimum atomic E-state index is 0. The van der Waals surface area contributed by atoms with Gasteiger partial charge in [-0.3, -0.25) is 4.99 Å². The van der Waals surface area contributed by atoms with Gasteiger partial charge in [-0.2, -0.15) is 0 Å². The van der Waals surface area contributed by atoms with Crippen molar-refractivity contribution in [1.29, 1.82) is 0 Å². The Morgan fingerprint density at radius 2 is 1.83 bits per heavy atom. The highest BCUT2D eigenvalue weighted by atomic mass is 127. The molecule has 0 radical (unpaired) electrons. The van der Waals surface area contributed by atoms with Gasteiger partial charge in [-0.1, -0.05) is 6.92 Å². The highest BCUT2D eigenvalue weighted by molar-refractivity contribution is 14.0. The van der Waals surface area contributed by atoms with E-state index < -0.39 is 0 Å². The first-order valence-corrected chi connectivity index (χ1v) is 8.90. The summed E-state index contributed by atoms with van der Waals surface area (Å²) in [7, 11) is 1.83. The molecule has 2 N–H and O–H groups in total. The van der Waals surface area contributed by atoms with Gasteiger partial charge < -0.3 is 20.1 Å². The van der Waals surface area contributed by atoms with Crippen molar-refractivity contribution in [2.24, 2.45) is 10.9 Å². The predicted octanol–water partition coefficient (Wildman–Crippen LogP) is 2.18. The van der Waals surface area contributed by atoms with Gasteiger partial charge in [-0.25, -0.2) is 4.98 Å². The van der Waals surface area contributed by atoms with Crippen LogP contribution in [0.25, 0.3) is 0 Å². The molecule has 0 saturated carbocycles. The minimum Gasteiger partial charge on any atom is -0.356 e. The largest absolute Gasteiger partial charge is 0.356 e. The number of rotatable bonds is 8. The molecule has 138 valence electrons. The molecule has 1 aromatic rings. The third-order valence-electron chi connectivity index (χ3n) is 4.49. The quantitative estimate of drug-likeness (QED) is 0.277. The molecular formula is C17H33IN6. The number of likely N-dealkylation sites (tertiary alicyclic amines) is 1. The van der Waals surface area contributed by atoms with Crippen LogP contribution in [0.15, 0.2) is 23.7 Å². The monoisotopic (exact) mass is 448 g/mol. The van der Waals surface area contributed by atoms with Crippen LogP contribution < -0.4 is 10.6 Å². The first-order valence-electron chi connectivity index (χ1n) is 8.90. The second-order valence-corrected chi connectivity index (χ2v) is 6.46. The van der Waals surface area contributed by atoms with E-state index in [0.717, 1.165) is 37.9 Å². The second-order valence-electron chi connectivity index (χ2n) is 6.46. The number of hydrogen-bond donors (Lipinski definition) is 2. The Labute approximate surface area is 163 Å². The molecule has 1 aromatic heterocycles. The van der Waals surface area contributed by atoms with Crippen molar-refractivity contribution in [1.82, 2.24) is 25.1 Å². The van der Waals surface area contributed by atoms with Crippen molar-refractivity contribution >= 4 is 29.9 Å². The van der Waals surface area contributed by atoms with Crippen LogP contribution in [0.3, 0.4) is 0 Å². The van der Waals surface area contributed by atoms with Gasteiger partial charge in [0.25, 0.3) is 0 Å². The zero-order valence-electron chi connectivity index (χ0n) is 15.1. The van der Waals surface area contributed by atoms with Crippen molar-refractivity contribution in [3.63, 3.8) is 0 Å². The lowest BCUT2D eigenvalue weighted by Crippen LogP contribution is -2.40. The molecule has 1 aliphatic rings. The maximum absolute atomic E-state index is 4.28. The van der Waals surface area contributed by atoms with E-state index in [0.29, 0.717) is 0 Å². The Hall–Kier alpha value is -0.830. The second kappa shape index (κ2) is 12.5. The van der Waals surface area contributed by atoms with Crippen LogP contribution in [-0.4, -0.2) is 60.2 Å². The van der Waals surface area contributed by atoms with Crippen molar-refractivity contribution in [2.45, 2.75) is 39.2 Å². The van der Waals surface area contributed by atoms with Gasteiger partial charge in [0, 0.05) is 39.1 Å². The van der Waals surface area contributed by atoms with Crippen LogP contribution in [0.1, 0.15) is 32.6 Å². The molecule has 1 fully saturated rings. The lowest BCUT2D eigenvalue weighted by atomic mass is 9.99. The summed E-state index contributed by atoms with van der Waals surface area (Å²) in [6, 6.07) is 0. The van der Waals surface area contributed by atoms with Crippen molar-refractivity contribution in [3.8, 4) is 0 Å². The summed E-state index contributed by atoms with van der Waals surface area (Å²) < 4.78 is 2.09. The Morgan fingerprint density at radius 3 is 2.42 bits per heavy atom. The summed E-state index contributed by atoms with van der Waals surface area (Å²) in [5, 5.41) is 6.77. The fraction of sp³-hybridized carbons (Fsp3) is 0.765. The maximum Gasteiger partial charge on any atom is 0.190 e. The molecule has 6 nitrogen and oxygen atoms in total. The third kappa shape index (κ3) is 8.32. The fourth-order valence-corrected chi connectivity index (χ4v) is 2.90. The number of nitrogens with one attached hydrogen (secondary N) is 2. The highest BCUT2D eigenvalue weighted by Gasteiger charge is 2.14. The first kappa shape index (κ1) is 21.2. The van der Waals surface area contributed by atoms with E-state index in [4.69, 9.17) is 0 Å². The Balaban J connectivity index is 0.00000288. The Morgan fingerprint density at radius 1 is 1.17 bits per heavy atom. The van der Waals surface area contributed by atoms with Gasteiger partial charge in [0.1, 0.15) is 0 Å². The van der Waals surface area contributed by atoms with Gasteiger partial charge >= 0.3 is 0 Å². The molecule has 0 spiro atoms. The number of aryl methyl sites for hydroxylation is 1. The van der Waals surface area contributed by atoms with Gasteiger partial charge in [0.2, 0.25) is 0 Å². The number of imidazole rings is 1. The molecule has 0 unspecified atom stereocenters. The number of halogens is 1. The molecule has 2 rings (SSSR count). The molecule has 24 heavy (non-hydrogen) atoms. The number of aliphatic imine (C=N–C) groups is 1. The lowest BCUT2D eigenvalue weighted by Gasteiger charge is -2.30. The molecule has 0 bridgehead atoms. The van der Waals surface area contributed by atoms with Crippen molar-refractivity contribution in [2.75, 3.05) is 39.8 Å². The number of hydrogen-bond acceptors (Lipinski definition) is 3. The Kier molecular flexibility index (Phi) is 11.1. The van der Waals surface area contributed by atoms with E-state index >= 15 is 0 Å². The molecule has 0 atom stereocenters. The van der Waals surface area contributed by atoms with E-state index in [2.05, 4.69) is 37.0 Å². The van der Waals surface area contributed by atoms with Gasteiger partial charge in [0.15, 0.2) is 5.96 Å². The SMILES string of the molecule is CN=C(NCCCN1CCC(C)CC1)NCCCn1ccnc1.I. The number of aromatic nitrogens is 2. The normalized spacial score (nSPS) is 16.7. The highest BCUT2D eigenvalue weighted by Crippen LogP contribution is 2.15. The molecule has 0 amide bonds. The fourth-order valence-electron chi connectivity index (χ4n) is 2.90. The molecule has 2 heterocycles. The lowest BCUT2D eigenvalue weighted by molar-refractivity contribution is 0.191. The van der Waals surface area contributed by atoms with E-state index in [1.165, 1.54) is 38.9 Å². The van der Waals surface area contributed by atoms with E-state index in [1.54, 1.807) is 0 Å². The average Bonchev–Trinajstić information content (AvgIpc) is 3.08. The standard InChI is InChI=1S/C17H32N6.HI/c1-16-5-12-22(13-6-16)10-3-7-20-17(18-2)21-8-4-11-23-14-9-19-15-23;/h9,14-16H,3-8,10-13H2,1-2H3,(H2,18,20,21);1H. The van der Waals surface area contributed by atoms with Gasteiger partial charge in [0.05, 0.1) is 6.33 Å². The van der Waals surface area contributed by atoms with Crippen molar-refractivity contribution in [3.05, 3.63) is 18.7 Å². The van der Waals surface area contributed by atoms with Crippen LogP contribution in [0.4, 0.5) is 0 Å². The average molecular weight is 448 g/mol. The maximum atomic E-state index is 4.28. The zero-order valence-corrected chi connectivity index (χ0v) is 17.4. The summed E-state index contributed by atoms with van der Waals surface area (Å²) in [5.41, 5.74) is 0. The summed E-state index contributed by atoms with van der Waals surface area (Å²) >= 11 is 0. The topological polar surface area (TPSA) is 57.5 Å². The summed E-state index contributed by atoms with van der Waals surface area (Å²) in [4.78, 5) is 10.9. The summed E-state index contributed by atoms with van der Waals surface area (Å²) in [6.07, 6.45) is 10.6. The number of guanidine groups is 1. The first-order chi connectivity index (χ1) is 11.3. The molecule has 0 aliphatic carbocycles. The van der Waals surface area contributed by atoms with E-state index in [1.807, 2.05) is 25.8 Å². The smallest absolute Gasteiger partial charge is 0.190 e. The molecule has 1 saturated heterocycles. The molecule has 0 aromatic carbocycles. The molecule has 1 aliphatic heterocycles. The van der Waals surface area contributed by atoms with Crippen LogP contribution in [0, 0.1) is 5.92 Å². The van der Waals surface area contributed by atoms with Crippen LogP contribution in [0.5, 0.6) is 0 Å². The minimum absolute atomic E-state index is 0. The van der Waals surface area contributed by atoms with E-state index in [9.17, 15) is 0 Å². The van der Waals surface area contributed by atoms with Gasteiger partial charge in [-0.05, 0) is 51.2 Å². The number of nitrogens with zero attached hydrogens (tertiary/aromatic N) is 4. The predicted molar refractivity (Wildman–Crippen MR) is 111 cm³/mol. The van der Waals surface area contributed by atoms with Gasteiger partial charge in [-0.15, -0.1) is 24.0 Å². The molecular weight excluding hydrogens is 415 g/mol. The van der Waals surface area contributed by atoms with Crippen LogP contribution in [-0.2, 0) is 6.54 Å². The summed E-state index contributed by atoms with van der Waals surface area (Å²) in [5.74, 6) is 1.82. The van der Waals surface area contributed by atoms with Crippen LogP contribution in [0.2, 0.25) is 0 Å². The third-order valence-corrected chi connectivity index (χ3v) is 4.49. The zero-order chi connectivity index (χ0) is 16.3. The van der Waals surface area contributed by atoms with Crippen LogP contribution >= 0.6 is 24.0 Å².